The predicted octanol–water partition coefficient (Wildman–Crippen LogP) is 2.21. The number of carbonyl (C=O) groups excluding carboxylic acids is 2. The SMILES string of the molecule is CCOC(=O)/C=C/c1cccc(C=O)c1F. The van der Waals surface area contributed by atoms with Gasteiger partial charge in [-0.05, 0) is 19.1 Å². The molecule has 1 rings (SSSR count). The Morgan fingerprint density at radius 3 is 2.75 bits per heavy atom. The summed E-state index contributed by atoms with van der Waals surface area (Å²) in [6, 6.07) is 4.37. The van der Waals surface area contributed by atoms with Gasteiger partial charge < -0.3 is 4.74 Å². The molecule has 0 radical (unpaired) electrons. The molecule has 84 valence electrons. The highest BCUT2D eigenvalue weighted by atomic mass is 19.1. The zero-order chi connectivity index (χ0) is 12.0. The quantitative estimate of drug-likeness (QED) is 0.445. The maximum Gasteiger partial charge on any atom is 0.330 e. The Hall–Kier alpha value is -1.97. The van der Waals surface area contributed by atoms with Crippen molar-refractivity contribution in [2.75, 3.05) is 6.61 Å². The number of hydrogen-bond acceptors (Lipinski definition) is 3. The maximum atomic E-state index is 13.5. The summed E-state index contributed by atoms with van der Waals surface area (Å²) in [5, 5.41) is 0. The average molecular weight is 222 g/mol. The predicted molar refractivity (Wildman–Crippen MR) is 57.5 cm³/mol. The van der Waals surface area contributed by atoms with Gasteiger partial charge in [-0.1, -0.05) is 12.1 Å². The van der Waals surface area contributed by atoms with Gasteiger partial charge in [0.15, 0.2) is 6.29 Å². The summed E-state index contributed by atoms with van der Waals surface area (Å²) in [6.07, 6.45) is 2.83. The summed E-state index contributed by atoms with van der Waals surface area (Å²) >= 11 is 0. The van der Waals surface area contributed by atoms with Gasteiger partial charge in [0.05, 0.1) is 12.2 Å². The van der Waals surface area contributed by atoms with Crippen LogP contribution in [0.5, 0.6) is 0 Å². The zero-order valence-electron chi connectivity index (χ0n) is 8.77. The van der Waals surface area contributed by atoms with E-state index in [9.17, 15) is 14.0 Å². The van der Waals surface area contributed by atoms with Crippen molar-refractivity contribution in [2.45, 2.75) is 6.92 Å². The Kier molecular flexibility index (Phi) is 4.39. The highest BCUT2D eigenvalue weighted by Crippen LogP contribution is 2.12. The van der Waals surface area contributed by atoms with E-state index in [0.29, 0.717) is 6.29 Å². The molecule has 0 spiro atoms. The molecule has 0 bridgehead atoms. The number of aldehydes is 1. The van der Waals surface area contributed by atoms with Crippen LogP contribution in [0.2, 0.25) is 0 Å². The van der Waals surface area contributed by atoms with Crippen LogP contribution in [-0.4, -0.2) is 18.9 Å². The molecular weight excluding hydrogens is 211 g/mol. The molecule has 0 aliphatic rings. The summed E-state index contributed by atoms with van der Waals surface area (Å²) < 4.78 is 18.1. The molecule has 0 N–H and O–H groups in total. The standard InChI is InChI=1S/C12H11FO3/c1-2-16-11(15)7-6-9-4-3-5-10(8-14)12(9)13/h3-8H,2H2,1H3/b7-6+. The van der Waals surface area contributed by atoms with E-state index < -0.39 is 11.8 Å². The first-order chi connectivity index (χ1) is 7.69. The number of esters is 1. The van der Waals surface area contributed by atoms with Crippen LogP contribution in [0.3, 0.4) is 0 Å². The van der Waals surface area contributed by atoms with Gasteiger partial charge in [0.25, 0.3) is 0 Å². The number of rotatable bonds is 4. The first-order valence-electron chi connectivity index (χ1n) is 4.77. The largest absolute Gasteiger partial charge is 0.463 e. The molecule has 0 aliphatic carbocycles. The summed E-state index contributed by atoms with van der Waals surface area (Å²) in [5.41, 5.74) is 0.142. The molecule has 3 nitrogen and oxygen atoms in total. The van der Waals surface area contributed by atoms with E-state index in [1.807, 2.05) is 0 Å². The Labute approximate surface area is 92.5 Å². The Balaban J connectivity index is 2.89. The summed E-state index contributed by atoms with van der Waals surface area (Å²) in [5.74, 6) is -1.18. The molecule has 0 heterocycles. The molecule has 1 aromatic rings. The van der Waals surface area contributed by atoms with E-state index in [4.69, 9.17) is 0 Å². The van der Waals surface area contributed by atoms with Crippen LogP contribution in [0.4, 0.5) is 4.39 Å². The summed E-state index contributed by atoms with van der Waals surface area (Å²) in [7, 11) is 0. The molecule has 0 amide bonds. The summed E-state index contributed by atoms with van der Waals surface area (Å²) in [4.78, 5) is 21.4. The Bertz CT molecular complexity index is 424. The molecule has 0 saturated carbocycles. The van der Waals surface area contributed by atoms with Crippen LogP contribution in [0.15, 0.2) is 24.3 Å². The van der Waals surface area contributed by atoms with Gasteiger partial charge in [-0.2, -0.15) is 0 Å². The van der Waals surface area contributed by atoms with E-state index in [0.717, 1.165) is 6.08 Å². The fourth-order valence-electron chi connectivity index (χ4n) is 1.14. The van der Waals surface area contributed by atoms with Crippen LogP contribution in [0, 0.1) is 5.82 Å². The van der Waals surface area contributed by atoms with Crippen LogP contribution in [0.25, 0.3) is 6.08 Å². The molecule has 4 heteroatoms. The zero-order valence-corrected chi connectivity index (χ0v) is 8.77. The molecule has 0 aliphatic heterocycles. The maximum absolute atomic E-state index is 13.5. The number of hydrogen-bond donors (Lipinski definition) is 0. The summed E-state index contributed by atoms with van der Waals surface area (Å²) in [6.45, 7) is 1.94. The second kappa shape index (κ2) is 5.80. The Morgan fingerprint density at radius 2 is 2.12 bits per heavy atom. The van der Waals surface area contributed by atoms with Gasteiger partial charge in [0.2, 0.25) is 0 Å². The lowest BCUT2D eigenvalue weighted by atomic mass is 10.1. The van der Waals surface area contributed by atoms with E-state index in [1.165, 1.54) is 24.3 Å². The molecule has 16 heavy (non-hydrogen) atoms. The highest BCUT2D eigenvalue weighted by Gasteiger charge is 2.04. The van der Waals surface area contributed by atoms with Gasteiger partial charge in [-0.25, -0.2) is 9.18 Å². The molecule has 0 fully saturated rings. The number of halogens is 1. The average Bonchev–Trinajstić information content (AvgIpc) is 2.28. The normalized spacial score (nSPS) is 10.4. The van der Waals surface area contributed by atoms with Crippen LogP contribution < -0.4 is 0 Å². The van der Waals surface area contributed by atoms with Crippen molar-refractivity contribution in [3.8, 4) is 0 Å². The minimum Gasteiger partial charge on any atom is -0.463 e. The van der Waals surface area contributed by atoms with Gasteiger partial charge in [0.1, 0.15) is 5.82 Å². The monoisotopic (exact) mass is 222 g/mol. The van der Waals surface area contributed by atoms with Crippen molar-refractivity contribution < 1.29 is 18.7 Å². The van der Waals surface area contributed by atoms with Crippen molar-refractivity contribution in [3.63, 3.8) is 0 Å². The molecule has 0 unspecified atom stereocenters. The second-order valence-electron chi connectivity index (χ2n) is 2.95. The Morgan fingerprint density at radius 1 is 1.44 bits per heavy atom. The second-order valence-corrected chi connectivity index (χ2v) is 2.95. The first-order valence-corrected chi connectivity index (χ1v) is 4.77. The van der Waals surface area contributed by atoms with Gasteiger partial charge in [-0.3, -0.25) is 4.79 Å². The van der Waals surface area contributed by atoms with Crippen molar-refractivity contribution in [1.82, 2.24) is 0 Å². The minimum atomic E-state index is -0.641. The topological polar surface area (TPSA) is 43.4 Å². The smallest absolute Gasteiger partial charge is 0.330 e. The van der Waals surface area contributed by atoms with Crippen molar-refractivity contribution in [3.05, 3.63) is 41.2 Å². The van der Waals surface area contributed by atoms with Crippen molar-refractivity contribution >= 4 is 18.3 Å². The third-order valence-electron chi connectivity index (χ3n) is 1.87. The lowest BCUT2D eigenvalue weighted by Gasteiger charge is -1.99. The number of carbonyl (C=O) groups is 2. The highest BCUT2D eigenvalue weighted by molar-refractivity contribution is 5.87. The van der Waals surface area contributed by atoms with Crippen LogP contribution in [0.1, 0.15) is 22.8 Å². The first kappa shape index (κ1) is 12.1. The molecule has 0 saturated heterocycles. The molecule has 0 aromatic heterocycles. The van der Waals surface area contributed by atoms with E-state index in [1.54, 1.807) is 6.92 Å². The molecular formula is C12H11FO3. The number of benzene rings is 1. The van der Waals surface area contributed by atoms with Gasteiger partial charge >= 0.3 is 5.97 Å². The molecule has 0 atom stereocenters. The minimum absolute atomic E-state index is 0.0361. The van der Waals surface area contributed by atoms with E-state index in [2.05, 4.69) is 4.74 Å². The fraction of sp³-hybridized carbons (Fsp3) is 0.167. The van der Waals surface area contributed by atoms with E-state index in [-0.39, 0.29) is 17.7 Å². The molecule has 1 aromatic carbocycles. The van der Waals surface area contributed by atoms with Gasteiger partial charge in [-0.15, -0.1) is 0 Å². The third-order valence-corrected chi connectivity index (χ3v) is 1.87. The van der Waals surface area contributed by atoms with Crippen molar-refractivity contribution in [1.29, 1.82) is 0 Å². The lowest BCUT2D eigenvalue weighted by Crippen LogP contribution is -1.99. The van der Waals surface area contributed by atoms with Gasteiger partial charge in [0, 0.05) is 11.6 Å². The van der Waals surface area contributed by atoms with Crippen LogP contribution >= 0.6 is 0 Å². The third kappa shape index (κ3) is 3.02. The van der Waals surface area contributed by atoms with Crippen LogP contribution in [-0.2, 0) is 9.53 Å². The lowest BCUT2D eigenvalue weighted by molar-refractivity contribution is -0.137. The van der Waals surface area contributed by atoms with E-state index >= 15 is 0 Å². The van der Waals surface area contributed by atoms with Crippen molar-refractivity contribution in [2.24, 2.45) is 0 Å². The number of ether oxygens (including phenoxy) is 1. The fourth-order valence-corrected chi connectivity index (χ4v) is 1.14.